The summed E-state index contributed by atoms with van der Waals surface area (Å²) in [5, 5.41) is 13.1. The fraction of sp³-hybridized carbons (Fsp3) is 0.500. The van der Waals surface area contributed by atoms with E-state index in [4.69, 9.17) is 0 Å². The summed E-state index contributed by atoms with van der Waals surface area (Å²) >= 11 is 0. The van der Waals surface area contributed by atoms with E-state index in [1.807, 2.05) is 6.07 Å². The van der Waals surface area contributed by atoms with Gasteiger partial charge in [-0.2, -0.15) is 5.26 Å². The lowest BCUT2D eigenvalue weighted by Gasteiger charge is -2.34. The van der Waals surface area contributed by atoms with Crippen LogP contribution in [-0.2, 0) is 12.0 Å². The maximum atomic E-state index is 9.55. The van der Waals surface area contributed by atoms with Gasteiger partial charge in [-0.15, -0.1) is 0 Å². The van der Waals surface area contributed by atoms with Gasteiger partial charge in [-0.25, -0.2) is 0 Å². The van der Waals surface area contributed by atoms with Gasteiger partial charge in [-0.05, 0) is 43.2 Å². The largest absolute Gasteiger partial charge is 0.293 e. The monoisotopic (exact) mass is 212 g/mol. The van der Waals surface area contributed by atoms with Crippen molar-refractivity contribution in [3.63, 3.8) is 0 Å². The van der Waals surface area contributed by atoms with E-state index in [-0.39, 0.29) is 0 Å². The molecule has 0 saturated heterocycles. The number of hydrogen-bond donors (Lipinski definition) is 1. The Balaban J connectivity index is 2.03. The van der Waals surface area contributed by atoms with Gasteiger partial charge in [0.2, 0.25) is 0 Å². The van der Waals surface area contributed by atoms with Crippen LogP contribution in [0.25, 0.3) is 0 Å². The first-order valence-electron chi connectivity index (χ1n) is 6.11. The lowest BCUT2D eigenvalue weighted by atomic mass is 9.77. The molecular weight excluding hydrogens is 196 g/mol. The fourth-order valence-electron chi connectivity index (χ4n) is 2.71. The lowest BCUT2D eigenvalue weighted by molar-refractivity contribution is 0.363. The molecule has 0 bridgehead atoms. The van der Waals surface area contributed by atoms with E-state index >= 15 is 0 Å². The van der Waals surface area contributed by atoms with Crippen LogP contribution in [0.15, 0.2) is 24.3 Å². The van der Waals surface area contributed by atoms with Crippen LogP contribution in [0.5, 0.6) is 0 Å². The van der Waals surface area contributed by atoms with E-state index in [1.165, 1.54) is 24.0 Å². The number of benzene rings is 1. The Morgan fingerprint density at radius 3 is 2.88 bits per heavy atom. The minimum atomic E-state index is -0.407. The van der Waals surface area contributed by atoms with Crippen molar-refractivity contribution in [2.24, 2.45) is 0 Å². The predicted molar refractivity (Wildman–Crippen MR) is 62.8 cm³/mol. The van der Waals surface area contributed by atoms with Crippen LogP contribution in [-0.4, -0.2) is 6.04 Å². The first-order valence-corrected chi connectivity index (χ1v) is 6.11. The topological polar surface area (TPSA) is 35.8 Å². The molecule has 1 atom stereocenters. The van der Waals surface area contributed by atoms with Gasteiger partial charge in [0.25, 0.3) is 0 Å². The van der Waals surface area contributed by atoms with Gasteiger partial charge < -0.3 is 0 Å². The van der Waals surface area contributed by atoms with E-state index in [0.717, 1.165) is 19.3 Å². The molecular formula is C14H16N2. The normalized spacial score (nSPS) is 28.2. The molecule has 0 aliphatic heterocycles. The highest BCUT2D eigenvalue weighted by molar-refractivity contribution is 5.41. The first kappa shape index (κ1) is 9.86. The maximum absolute atomic E-state index is 9.55. The Bertz CT molecular complexity index is 442. The van der Waals surface area contributed by atoms with Gasteiger partial charge in [-0.3, -0.25) is 5.32 Å². The predicted octanol–water partition coefficient (Wildman–Crippen LogP) is 2.49. The molecule has 2 nitrogen and oxygen atoms in total. The summed E-state index contributed by atoms with van der Waals surface area (Å²) in [6.07, 6.45) is 5.64. The SMILES string of the molecule is N#CC1(NC2CC2)CCCc2ccccc21. The third-order valence-corrected chi connectivity index (χ3v) is 3.69. The first-order chi connectivity index (χ1) is 7.84. The number of rotatable bonds is 2. The smallest absolute Gasteiger partial charge is 0.132 e. The van der Waals surface area contributed by atoms with Gasteiger partial charge in [0, 0.05) is 6.04 Å². The van der Waals surface area contributed by atoms with Crippen molar-refractivity contribution in [2.45, 2.75) is 43.7 Å². The van der Waals surface area contributed by atoms with Crippen molar-refractivity contribution in [2.75, 3.05) is 0 Å². The second-order valence-corrected chi connectivity index (χ2v) is 4.95. The molecule has 82 valence electrons. The average Bonchev–Trinajstić information content (AvgIpc) is 3.13. The van der Waals surface area contributed by atoms with Crippen molar-refractivity contribution in [1.82, 2.24) is 5.32 Å². The molecule has 2 heteroatoms. The summed E-state index contributed by atoms with van der Waals surface area (Å²) in [5.74, 6) is 0. The highest BCUT2D eigenvalue weighted by Crippen LogP contribution is 2.37. The molecule has 16 heavy (non-hydrogen) atoms. The van der Waals surface area contributed by atoms with Crippen molar-refractivity contribution in [1.29, 1.82) is 5.26 Å². The Hall–Kier alpha value is -1.33. The van der Waals surface area contributed by atoms with E-state index in [9.17, 15) is 5.26 Å². The zero-order valence-electron chi connectivity index (χ0n) is 9.37. The fourth-order valence-corrected chi connectivity index (χ4v) is 2.71. The molecule has 1 unspecified atom stereocenters. The number of nitrogens with zero attached hydrogens (tertiary/aromatic N) is 1. The maximum Gasteiger partial charge on any atom is 0.132 e. The Kier molecular flexibility index (Phi) is 2.22. The van der Waals surface area contributed by atoms with E-state index in [0.29, 0.717) is 6.04 Å². The van der Waals surface area contributed by atoms with Crippen molar-refractivity contribution in [3.8, 4) is 6.07 Å². The van der Waals surface area contributed by atoms with Crippen LogP contribution < -0.4 is 5.32 Å². The Morgan fingerprint density at radius 1 is 1.31 bits per heavy atom. The van der Waals surface area contributed by atoms with E-state index in [2.05, 4.69) is 29.6 Å². The summed E-state index contributed by atoms with van der Waals surface area (Å²) < 4.78 is 0. The average molecular weight is 212 g/mol. The van der Waals surface area contributed by atoms with Gasteiger partial charge in [0.05, 0.1) is 6.07 Å². The molecule has 1 N–H and O–H groups in total. The van der Waals surface area contributed by atoms with Crippen molar-refractivity contribution >= 4 is 0 Å². The van der Waals surface area contributed by atoms with Gasteiger partial charge in [0.15, 0.2) is 0 Å². The summed E-state index contributed by atoms with van der Waals surface area (Å²) in [7, 11) is 0. The third kappa shape index (κ3) is 1.52. The molecule has 1 aromatic carbocycles. The molecule has 1 aromatic rings. The van der Waals surface area contributed by atoms with Gasteiger partial charge in [-0.1, -0.05) is 24.3 Å². The number of hydrogen-bond acceptors (Lipinski definition) is 2. The molecule has 2 aliphatic rings. The molecule has 0 spiro atoms. The van der Waals surface area contributed by atoms with Crippen molar-refractivity contribution in [3.05, 3.63) is 35.4 Å². The second-order valence-electron chi connectivity index (χ2n) is 4.95. The minimum absolute atomic E-state index is 0.407. The number of nitrogens with one attached hydrogen (secondary N) is 1. The molecule has 1 fully saturated rings. The zero-order valence-corrected chi connectivity index (χ0v) is 9.37. The third-order valence-electron chi connectivity index (χ3n) is 3.69. The van der Waals surface area contributed by atoms with Crippen LogP contribution in [0.4, 0.5) is 0 Å². The minimum Gasteiger partial charge on any atom is -0.293 e. The van der Waals surface area contributed by atoms with Gasteiger partial charge in [0.1, 0.15) is 5.54 Å². The molecule has 0 heterocycles. The molecule has 0 radical (unpaired) electrons. The van der Waals surface area contributed by atoms with Gasteiger partial charge >= 0.3 is 0 Å². The van der Waals surface area contributed by atoms with Crippen molar-refractivity contribution < 1.29 is 0 Å². The van der Waals surface area contributed by atoms with Crippen LogP contribution >= 0.6 is 0 Å². The van der Waals surface area contributed by atoms with E-state index in [1.54, 1.807) is 0 Å². The van der Waals surface area contributed by atoms with Crippen LogP contribution in [0.1, 0.15) is 36.8 Å². The Morgan fingerprint density at radius 2 is 2.12 bits per heavy atom. The standard InChI is InChI=1S/C14H16N2/c15-10-14(16-12-7-8-12)9-3-5-11-4-1-2-6-13(11)14/h1-2,4,6,12,16H,3,5,7-9H2. The van der Waals surface area contributed by atoms with Crippen LogP contribution in [0.3, 0.4) is 0 Å². The lowest BCUT2D eigenvalue weighted by Crippen LogP contribution is -2.44. The summed E-state index contributed by atoms with van der Waals surface area (Å²) in [6, 6.07) is 11.5. The quantitative estimate of drug-likeness (QED) is 0.817. The van der Waals surface area contributed by atoms with Crippen LogP contribution in [0, 0.1) is 11.3 Å². The molecule has 0 amide bonds. The summed E-state index contributed by atoms with van der Waals surface area (Å²) in [6.45, 7) is 0. The molecule has 1 saturated carbocycles. The highest BCUT2D eigenvalue weighted by Gasteiger charge is 2.40. The zero-order chi connectivity index (χ0) is 11.0. The number of fused-ring (bicyclic) bond motifs is 1. The molecule has 0 aromatic heterocycles. The summed E-state index contributed by atoms with van der Waals surface area (Å²) in [4.78, 5) is 0. The van der Waals surface area contributed by atoms with Crippen LogP contribution in [0.2, 0.25) is 0 Å². The molecule has 3 rings (SSSR count). The number of nitriles is 1. The summed E-state index contributed by atoms with van der Waals surface area (Å²) in [5.41, 5.74) is 2.16. The van der Waals surface area contributed by atoms with E-state index < -0.39 is 5.54 Å². The molecule has 2 aliphatic carbocycles. The number of aryl methyl sites for hydroxylation is 1. The Labute approximate surface area is 96.3 Å². The second kappa shape index (κ2) is 3.61. The highest BCUT2D eigenvalue weighted by atomic mass is 15.0.